The molecule has 0 fully saturated rings. The normalized spacial score (nSPS) is 11.6. The number of thiazole rings is 1. The molecule has 1 aromatic heterocycles. The Morgan fingerprint density at radius 1 is 1.30 bits per heavy atom. The molecular weight excluding hydrogens is 272 g/mol. The summed E-state index contributed by atoms with van der Waals surface area (Å²) < 4.78 is 0. The van der Waals surface area contributed by atoms with E-state index in [1.54, 1.807) is 23.5 Å². The van der Waals surface area contributed by atoms with Crippen LogP contribution in [-0.4, -0.2) is 16.1 Å². The van der Waals surface area contributed by atoms with Crippen molar-refractivity contribution in [3.8, 4) is 0 Å². The van der Waals surface area contributed by atoms with Crippen LogP contribution in [0.2, 0.25) is 0 Å². The summed E-state index contributed by atoms with van der Waals surface area (Å²) in [5.41, 5.74) is 7.95. The number of aromatic carboxylic acids is 1. The second kappa shape index (κ2) is 5.73. The molecular formula is C15H18N2O2S. The number of aromatic nitrogens is 1. The van der Waals surface area contributed by atoms with Gasteiger partial charge in [0, 0.05) is 11.8 Å². The maximum atomic E-state index is 10.8. The minimum absolute atomic E-state index is 0.315. The second-order valence-electron chi connectivity index (χ2n) is 5.35. The van der Waals surface area contributed by atoms with Crippen LogP contribution in [0.4, 0.5) is 0 Å². The molecule has 3 N–H and O–H groups in total. The molecule has 0 aliphatic heterocycles. The Hall–Kier alpha value is -1.72. The summed E-state index contributed by atoms with van der Waals surface area (Å²) in [5.74, 6) is -0.897. The van der Waals surface area contributed by atoms with Crippen LogP contribution in [0.25, 0.3) is 0 Å². The van der Waals surface area contributed by atoms with Gasteiger partial charge in [-0.2, -0.15) is 0 Å². The van der Waals surface area contributed by atoms with E-state index in [1.165, 1.54) is 0 Å². The Kier molecular flexibility index (Phi) is 4.20. The van der Waals surface area contributed by atoms with Crippen LogP contribution < -0.4 is 5.73 Å². The van der Waals surface area contributed by atoms with Crippen LogP contribution in [0.1, 0.15) is 40.5 Å². The zero-order valence-corrected chi connectivity index (χ0v) is 12.4. The molecule has 0 unspecified atom stereocenters. The van der Waals surface area contributed by atoms with E-state index in [-0.39, 0.29) is 0 Å². The van der Waals surface area contributed by atoms with Crippen molar-refractivity contribution in [3.05, 3.63) is 51.5 Å². The number of nitrogens with zero attached hydrogens (tertiary/aromatic N) is 1. The smallest absolute Gasteiger partial charge is 0.335 e. The summed E-state index contributed by atoms with van der Waals surface area (Å²) >= 11 is 1.62. The number of nitrogens with two attached hydrogens (primary N) is 1. The zero-order chi connectivity index (χ0) is 14.8. The second-order valence-corrected chi connectivity index (χ2v) is 6.29. The molecule has 0 amide bonds. The van der Waals surface area contributed by atoms with E-state index in [4.69, 9.17) is 10.8 Å². The maximum Gasteiger partial charge on any atom is 0.335 e. The van der Waals surface area contributed by atoms with Crippen LogP contribution in [0.5, 0.6) is 0 Å². The fourth-order valence-corrected chi connectivity index (χ4v) is 2.76. The third kappa shape index (κ3) is 3.65. The highest BCUT2D eigenvalue weighted by Crippen LogP contribution is 2.20. The highest BCUT2D eigenvalue weighted by Gasteiger charge is 2.17. The molecule has 0 saturated heterocycles. The lowest BCUT2D eigenvalue weighted by Gasteiger charge is -2.14. The number of rotatable bonds is 5. The standard InChI is InChI=1S/C15H18N2O2S/c1-15(2,16)12-9-20-13(17-12)8-5-10-3-6-11(7-4-10)14(18)19/h3-4,6-7,9H,5,8,16H2,1-2H3,(H,18,19). The highest BCUT2D eigenvalue weighted by molar-refractivity contribution is 7.09. The molecule has 0 spiro atoms. The van der Waals surface area contributed by atoms with Gasteiger partial charge >= 0.3 is 5.97 Å². The molecule has 20 heavy (non-hydrogen) atoms. The van der Waals surface area contributed by atoms with Crippen LogP contribution in [0.3, 0.4) is 0 Å². The van der Waals surface area contributed by atoms with E-state index in [0.29, 0.717) is 5.56 Å². The van der Waals surface area contributed by atoms with Crippen molar-refractivity contribution < 1.29 is 9.90 Å². The minimum Gasteiger partial charge on any atom is -0.478 e. The van der Waals surface area contributed by atoms with Gasteiger partial charge in [0.15, 0.2) is 0 Å². The highest BCUT2D eigenvalue weighted by atomic mass is 32.1. The molecule has 1 heterocycles. The SMILES string of the molecule is CC(C)(N)c1csc(CCc2ccc(C(=O)O)cc2)n1. The first kappa shape index (κ1) is 14.7. The predicted octanol–water partition coefficient (Wildman–Crippen LogP) is 2.82. The van der Waals surface area contributed by atoms with E-state index < -0.39 is 11.5 Å². The number of carboxylic acid groups (broad SMARTS) is 1. The largest absolute Gasteiger partial charge is 0.478 e. The topological polar surface area (TPSA) is 76.2 Å². The number of aryl methyl sites for hydroxylation is 2. The molecule has 1 aromatic carbocycles. The number of hydrogen-bond donors (Lipinski definition) is 2. The van der Waals surface area contributed by atoms with Gasteiger partial charge < -0.3 is 10.8 Å². The van der Waals surface area contributed by atoms with E-state index >= 15 is 0 Å². The van der Waals surface area contributed by atoms with Gasteiger partial charge in [0.2, 0.25) is 0 Å². The van der Waals surface area contributed by atoms with Crippen molar-refractivity contribution in [1.82, 2.24) is 4.98 Å². The molecule has 0 bridgehead atoms. The monoisotopic (exact) mass is 290 g/mol. The van der Waals surface area contributed by atoms with Crippen molar-refractivity contribution in [2.45, 2.75) is 32.2 Å². The van der Waals surface area contributed by atoms with Crippen LogP contribution in [-0.2, 0) is 18.4 Å². The van der Waals surface area contributed by atoms with E-state index in [2.05, 4.69) is 4.98 Å². The summed E-state index contributed by atoms with van der Waals surface area (Å²) in [7, 11) is 0. The Morgan fingerprint density at radius 2 is 1.95 bits per heavy atom. The first-order valence-electron chi connectivity index (χ1n) is 6.42. The van der Waals surface area contributed by atoms with Crippen molar-refractivity contribution in [1.29, 1.82) is 0 Å². The van der Waals surface area contributed by atoms with Gasteiger partial charge in [0.05, 0.1) is 21.8 Å². The third-order valence-corrected chi connectivity index (χ3v) is 3.95. The Bertz CT molecular complexity index is 597. The van der Waals surface area contributed by atoms with Gasteiger partial charge in [-0.15, -0.1) is 11.3 Å². The Morgan fingerprint density at radius 3 is 2.45 bits per heavy atom. The van der Waals surface area contributed by atoms with Crippen molar-refractivity contribution in [2.75, 3.05) is 0 Å². The quantitative estimate of drug-likeness (QED) is 0.887. The van der Waals surface area contributed by atoms with Crippen LogP contribution >= 0.6 is 11.3 Å². The van der Waals surface area contributed by atoms with Gasteiger partial charge in [-0.05, 0) is 38.0 Å². The summed E-state index contributed by atoms with van der Waals surface area (Å²) in [6.45, 7) is 3.88. The molecule has 2 rings (SSSR count). The number of carboxylic acids is 1. The fraction of sp³-hybridized carbons (Fsp3) is 0.333. The maximum absolute atomic E-state index is 10.8. The molecule has 2 aromatic rings. The van der Waals surface area contributed by atoms with Gasteiger partial charge in [0.1, 0.15) is 0 Å². The van der Waals surface area contributed by atoms with Crippen molar-refractivity contribution >= 4 is 17.3 Å². The van der Waals surface area contributed by atoms with Crippen molar-refractivity contribution in [2.24, 2.45) is 5.73 Å². The van der Waals surface area contributed by atoms with Crippen molar-refractivity contribution in [3.63, 3.8) is 0 Å². The first-order valence-corrected chi connectivity index (χ1v) is 7.30. The molecule has 5 heteroatoms. The summed E-state index contributed by atoms with van der Waals surface area (Å²) in [4.78, 5) is 15.3. The lowest BCUT2D eigenvalue weighted by Crippen LogP contribution is -2.29. The van der Waals surface area contributed by atoms with E-state index in [1.807, 2.05) is 31.4 Å². The van der Waals surface area contributed by atoms with Gasteiger partial charge in [-0.25, -0.2) is 9.78 Å². The molecule has 0 aliphatic carbocycles. The van der Waals surface area contributed by atoms with Gasteiger partial charge in [-0.3, -0.25) is 0 Å². The molecule has 0 atom stereocenters. The summed E-state index contributed by atoms with van der Waals surface area (Å²) in [6, 6.07) is 6.97. The lowest BCUT2D eigenvalue weighted by atomic mass is 10.0. The molecule has 106 valence electrons. The van der Waals surface area contributed by atoms with E-state index in [0.717, 1.165) is 29.1 Å². The molecule has 0 aliphatic rings. The fourth-order valence-electron chi connectivity index (χ4n) is 1.79. The Labute approximate surface area is 122 Å². The predicted molar refractivity (Wildman–Crippen MR) is 80.1 cm³/mol. The van der Waals surface area contributed by atoms with Crippen LogP contribution in [0, 0.1) is 0 Å². The minimum atomic E-state index is -0.897. The molecule has 0 radical (unpaired) electrons. The van der Waals surface area contributed by atoms with Crippen LogP contribution in [0.15, 0.2) is 29.6 Å². The van der Waals surface area contributed by atoms with Gasteiger partial charge in [-0.1, -0.05) is 12.1 Å². The summed E-state index contributed by atoms with van der Waals surface area (Å²) in [5, 5.41) is 11.9. The third-order valence-electron chi connectivity index (χ3n) is 3.04. The molecule has 4 nitrogen and oxygen atoms in total. The summed E-state index contributed by atoms with van der Waals surface area (Å²) in [6.07, 6.45) is 1.69. The zero-order valence-electron chi connectivity index (χ0n) is 11.6. The number of benzene rings is 1. The number of carbonyl (C=O) groups is 1. The Balaban J connectivity index is 1.98. The lowest BCUT2D eigenvalue weighted by molar-refractivity contribution is 0.0697. The average Bonchev–Trinajstić information content (AvgIpc) is 2.85. The first-order chi connectivity index (χ1) is 9.36. The average molecular weight is 290 g/mol. The van der Waals surface area contributed by atoms with Gasteiger partial charge in [0.25, 0.3) is 0 Å². The molecule has 0 saturated carbocycles. The van der Waals surface area contributed by atoms with E-state index in [9.17, 15) is 4.79 Å². The number of hydrogen-bond acceptors (Lipinski definition) is 4.